The van der Waals surface area contributed by atoms with Gasteiger partial charge in [-0.25, -0.2) is 0 Å². The van der Waals surface area contributed by atoms with E-state index in [1.54, 1.807) is 0 Å². The first-order chi connectivity index (χ1) is 6.75. The molecular formula is C13H20ClN. The molecule has 1 aromatic carbocycles. The van der Waals surface area contributed by atoms with E-state index in [0.717, 1.165) is 0 Å². The lowest BCUT2D eigenvalue weighted by Crippen LogP contribution is -2.26. The third kappa shape index (κ3) is 3.22. The molecule has 0 bridgehead atoms. The molecule has 0 aliphatic carbocycles. The van der Waals surface area contributed by atoms with Crippen LogP contribution >= 0.6 is 12.4 Å². The molecule has 0 saturated carbocycles. The minimum atomic E-state index is 0. The van der Waals surface area contributed by atoms with Crippen LogP contribution in [0.3, 0.4) is 0 Å². The fourth-order valence-corrected chi connectivity index (χ4v) is 2.35. The molecule has 1 N–H and O–H groups in total. The molecule has 0 radical (unpaired) electrons. The van der Waals surface area contributed by atoms with E-state index in [2.05, 4.69) is 37.4 Å². The molecule has 1 aromatic rings. The number of rotatable bonds is 1. The van der Waals surface area contributed by atoms with Gasteiger partial charge in [-0.2, -0.15) is 0 Å². The van der Waals surface area contributed by atoms with Crippen molar-refractivity contribution in [2.24, 2.45) is 0 Å². The monoisotopic (exact) mass is 225 g/mol. The molecule has 2 heteroatoms. The number of halogens is 1. The Labute approximate surface area is 98.7 Å². The fraction of sp³-hybridized carbons (Fsp3) is 0.538. The van der Waals surface area contributed by atoms with Gasteiger partial charge in [0.2, 0.25) is 0 Å². The first-order valence-corrected chi connectivity index (χ1v) is 5.57. The molecule has 1 nitrogen and oxygen atoms in total. The van der Waals surface area contributed by atoms with Crippen molar-refractivity contribution in [1.82, 2.24) is 5.32 Å². The Kier molecular flexibility index (Phi) is 4.62. The van der Waals surface area contributed by atoms with E-state index in [1.165, 1.54) is 42.5 Å². The number of hydrogen-bond acceptors (Lipinski definition) is 1. The molecule has 1 aliphatic rings. The third-order valence-corrected chi connectivity index (χ3v) is 2.96. The quantitative estimate of drug-likeness (QED) is 0.771. The van der Waals surface area contributed by atoms with Crippen molar-refractivity contribution in [2.75, 3.05) is 6.54 Å². The zero-order valence-corrected chi connectivity index (χ0v) is 10.4. The highest BCUT2D eigenvalue weighted by molar-refractivity contribution is 5.85. The summed E-state index contributed by atoms with van der Waals surface area (Å²) in [6.45, 7) is 5.54. The van der Waals surface area contributed by atoms with Crippen LogP contribution in [0.25, 0.3) is 0 Å². The predicted molar refractivity (Wildman–Crippen MR) is 67.8 cm³/mol. The van der Waals surface area contributed by atoms with Crippen molar-refractivity contribution >= 4 is 12.4 Å². The number of aryl methyl sites for hydroxylation is 2. The standard InChI is InChI=1S/C13H19N.ClH/c1-10-7-11(2)9-12(8-10)13-5-3-4-6-14-13;/h7-9,13-14H,3-6H2,1-2H3;1H. The van der Waals surface area contributed by atoms with Crippen molar-refractivity contribution in [3.05, 3.63) is 34.9 Å². The molecule has 1 atom stereocenters. The topological polar surface area (TPSA) is 12.0 Å². The first-order valence-electron chi connectivity index (χ1n) is 5.57. The second-order valence-corrected chi connectivity index (χ2v) is 4.42. The lowest BCUT2D eigenvalue weighted by atomic mass is 9.95. The van der Waals surface area contributed by atoms with Gasteiger partial charge in [-0.1, -0.05) is 35.7 Å². The van der Waals surface area contributed by atoms with Gasteiger partial charge in [-0.3, -0.25) is 0 Å². The molecule has 0 spiro atoms. The number of benzene rings is 1. The second-order valence-electron chi connectivity index (χ2n) is 4.42. The summed E-state index contributed by atoms with van der Waals surface area (Å²) < 4.78 is 0. The van der Waals surface area contributed by atoms with Gasteiger partial charge in [0.15, 0.2) is 0 Å². The van der Waals surface area contributed by atoms with Crippen molar-refractivity contribution in [3.63, 3.8) is 0 Å². The molecule has 84 valence electrons. The van der Waals surface area contributed by atoms with Gasteiger partial charge in [0.25, 0.3) is 0 Å². The highest BCUT2D eigenvalue weighted by atomic mass is 35.5. The Hall–Kier alpha value is -0.530. The molecule has 1 saturated heterocycles. The molecule has 0 amide bonds. The Bertz CT molecular complexity index is 296. The minimum Gasteiger partial charge on any atom is -0.310 e. The van der Waals surface area contributed by atoms with E-state index in [4.69, 9.17) is 0 Å². The minimum absolute atomic E-state index is 0. The van der Waals surface area contributed by atoms with E-state index in [0.29, 0.717) is 6.04 Å². The fourth-order valence-electron chi connectivity index (χ4n) is 2.35. The van der Waals surface area contributed by atoms with Gasteiger partial charge < -0.3 is 5.32 Å². The highest BCUT2D eigenvalue weighted by Crippen LogP contribution is 2.24. The predicted octanol–water partition coefficient (Wildman–Crippen LogP) is 3.54. The summed E-state index contributed by atoms with van der Waals surface area (Å²) in [5.41, 5.74) is 4.24. The van der Waals surface area contributed by atoms with Crippen LogP contribution < -0.4 is 5.32 Å². The van der Waals surface area contributed by atoms with E-state index >= 15 is 0 Å². The Morgan fingerprint density at radius 1 is 1.07 bits per heavy atom. The van der Waals surface area contributed by atoms with Crippen LogP contribution in [0.5, 0.6) is 0 Å². The molecule has 0 aromatic heterocycles. The molecule has 1 fully saturated rings. The summed E-state index contributed by atoms with van der Waals surface area (Å²) in [5.74, 6) is 0. The van der Waals surface area contributed by atoms with Gasteiger partial charge in [-0.05, 0) is 38.8 Å². The average molecular weight is 226 g/mol. The number of piperidine rings is 1. The van der Waals surface area contributed by atoms with Crippen molar-refractivity contribution < 1.29 is 0 Å². The molecule has 1 aliphatic heterocycles. The van der Waals surface area contributed by atoms with E-state index < -0.39 is 0 Å². The van der Waals surface area contributed by atoms with E-state index in [9.17, 15) is 0 Å². The van der Waals surface area contributed by atoms with Crippen LogP contribution in [-0.4, -0.2) is 6.54 Å². The Morgan fingerprint density at radius 3 is 2.27 bits per heavy atom. The molecule has 2 rings (SSSR count). The normalized spacial score (nSPS) is 20.8. The van der Waals surface area contributed by atoms with Crippen molar-refractivity contribution in [3.8, 4) is 0 Å². The van der Waals surface area contributed by atoms with Gasteiger partial charge >= 0.3 is 0 Å². The van der Waals surface area contributed by atoms with Crippen LogP contribution in [-0.2, 0) is 0 Å². The van der Waals surface area contributed by atoms with Gasteiger partial charge in [0, 0.05) is 6.04 Å². The maximum absolute atomic E-state index is 3.59. The molecule has 15 heavy (non-hydrogen) atoms. The first kappa shape index (κ1) is 12.5. The SMILES string of the molecule is Cc1cc(C)cc(C2CCCCN2)c1.Cl. The number of hydrogen-bond donors (Lipinski definition) is 1. The number of nitrogens with one attached hydrogen (secondary N) is 1. The lowest BCUT2D eigenvalue weighted by Gasteiger charge is -2.24. The Balaban J connectivity index is 0.00000112. The summed E-state index contributed by atoms with van der Waals surface area (Å²) in [5, 5.41) is 3.59. The summed E-state index contributed by atoms with van der Waals surface area (Å²) in [6, 6.07) is 7.47. The van der Waals surface area contributed by atoms with E-state index in [-0.39, 0.29) is 12.4 Å². The van der Waals surface area contributed by atoms with Crippen molar-refractivity contribution in [2.45, 2.75) is 39.2 Å². The highest BCUT2D eigenvalue weighted by Gasteiger charge is 2.14. The second kappa shape index (κ2) is 5.53. The van der Waals surface area contributed by atoms with Crippen LogP contribution in [0.4, 0.5) is 0 Å². The molecule has 1 heterocycles. The van der Waals surface area contributed by atoms with Crippen molar-refractivity contribution in [1.29, 1.82) is 0 Å². The smallest absolute Gasteiger partial charge is 0.0320 e. The zero-order valence-electron chi connectivity index (χ0n) is 9.55. The lowest BCUT2D eigenvalue weighted by molar-refractivity contribution is 0.412. The largest absolute Gasteiger partial charge is 0.310 e. The zero-order chi connectivity index (χ0) is 9.97. The third-order valence-electron chi connectivity index (χ3n) is 2.96. The Morgan fingerprint density at radius 2 is 1.73 bits per heavy atom. The van der Waals surface area contributed by atoms with Crippen LogP contribution in [0.1, 0.15) is 42.0 Å². The summed E-state index contributed by atoms with van der Waals surface area (Å²) in [6.07, 6.45) is 3.99. The van der Waals surface area contributed by atoms with Gasteiger partial charge in [0.05, 0.1) is 0 Å². The molecule has 1 unspecified atom stereocenters. The van der Waals surface area contributed by atoms with Crippen LogP contribution in [0.2, 0.25) is 0 Å². The summed E-state index contributed by atoms with van der Waals surface area (Å²) in [4.78, 5) is 0. The average Bonchev–Trinajstić information content (AvgIpc) is 2.18. The van der Waals surface area contributed by atoms with Crippen LogP contribution in [0.15, 0.2) is 18.2 Å². The van der Waals surface area contributed by atoms with Crippen LogP contribution in [0, 0.1) is 13.8 Å². The summed E-state index contributed by atoms with van der Waals surface area (Å²) >= 11 is 0. The van der Waals surface area contributed by atoms with Gasteiger partial charge in [0.1, 0.15) is 0 Å². The molecular weight excluding hydrogens is 206 g/mol. The maximum Gasteiger partial charge on any atom is 0.0320 e. The maximum atomic E-state index is 3.59. The van der Waals surface area contributed by atoms with E-state index in [1.807, 2.05) is 0 Å². The summed E-state index contributed by atoms with van der Waals surface area (Å²) in [7, 11) is 0. The van der Waals surface area contributed by atoms with Gasteiger partial charge in [-0.15, -0.1) is 12.4 Å².